The van der Waals surface area contributed by atoms with Crippen LogP contribution in [0.25, 0.3) is 0 Å². The van der Waals surface area contributed by atoms with Crippen molar-refractivity contribution < 1.29 is 19.1 Å². The van der Waals surface area contributed by atoms with E-state index in [9.17, 15) is 9.59 Å². The molecule has 0 rings (SSSR count). The van der Waals surface area contributed by atoms with Crippen LogP contribution in [-0.2, 0) is 14.3 Å². The predicted octanol–water partition coefficient (Wildman–Crippen LogP) is 9.91. The van der Waals surface area contributed by atoms with Crippen molar-refractivity contribution in [2.24, 2.45) is 0 Å². The van der Waals surface area contributed by atoms with Crippen LogP contribution in [0.5, 0.6) is 0 Å². The Kier molecular flexibility index (Phi) is 45.6. The fourth-order valence-electron chi connectivity index (χ4n) is 2.94. The molecule has 0 spiro atoms. The van der Waals surface area contributed by atoms with Gasteiger partial charge in [0.05, 0.1) is 0 Å². The zero-order valence-corrected chi connectivity index (χ0v) is 26.9. The Morgan fingerprint density at radius 3 is 1.58 bits per heavy atom. The van der Waals surface area contributed by atoms with Gasteiger partial charge < -0.3 is 14.4 Å². The summed E-state index contributed by atoms with van der Waals surface area (Å²) >= 11 is 1.34. The van der Waals surface area contributed by atoms with Crippen LogP contribution in [0.4, 0.5) is 4.79 Å². The van der Waals surface area contributed by atoms with Crippen molar-refractivity contribution in [1.29, 1.82) is 0 Å². The number of carbonyl (C=O) groups excluding carboxylic acids is 2. The third kappa shape index (κ3) is 35.4. The number of carbonyl (C=O) groups is 2. The molecular weight excluding hydrogens is 470 g/mol. The summed E-state index contributed by atoms with van der Waals surface area (Å²) in [6.45, 7) is 21.0. The van der Waals surface area contributed by atoms with Gasteiger partial charge in [-0.15, -0.1) is 0 Å². The minimum absolute atomic E-state index is 0.0737. The van der Waals surface area contributed by atoms with E-state index in [1.165, 1.54) is 50.3 Å². The fraction of sp³-hybridized carbons (Fsp3) is 0.933. The monoisotopic (exact) mass is 535 g/mol. The lowest BCUT2D eigenvalue weighted by Gasteiger charge is -2.22. The van der Waals surface area contributed by atoms with Crippen molar-refractivity contribution in [3.63, 3.8) is 0 Å². The van der Waals surface area contributed by atoms with E-state index in [1.807, 2.05) is 32.6 Å². The first-order valence-corrected chi connectivity index (χ1v) is 16.0. The normalized spacial score (nSPS) is 9.75. The minimum Gasteiger partial charge on any atom is -0.462 e. The van der Waals surface area contributed by atoms with E-state index in [0.717, 1.165) is 51.0 Å². The lowest BCUT2D eigenvalue weighted by Crippen LogP contribution is -2.30. The Bertz CT molecular complexity index is 404. The van der Waals surface area contributed by atoms with Crippen molar-refractivity contribution in [2.45, 2.75) is 152 Å². The van der Waals surface area contributed by atoms with Gasteiger partial charge in [0.2, 0.25) is 0 Å². The van der Waals surface area contributed by atoms with E-state index < -0.39 is 0 Å². The van der Waals surface area contributed by atoms with Crippen LogP contribution < -0.4 is 0 Å². The molecule has 0 unspecified atom stereocenters. The average molecular weight is 536 g/mol. The van der Waals surface area contributed by atoms with Gasteiger partial charge in [-0.3, -0.25) is 9.59 Å². The number of thioether (sulfide) groups is 1. The predicted molar refractivity (Wildman–Crippen MR) is 162 cm³/mol. The molecule has 220 valence electrons. The molecule has 0 aliphatic carbocycles. The van der Waals surface area contributed by atoms with Gasteiger partial charge in [-0.05, 0) is 51.2 Å². The SMILES string of the molecule is CC.CCCC.CCCCCC(CCCCC)OC(=O)CCCN(CCC)C(=O)SCC.CCOC. The largest absolute Gasteiger partial charge is 0.462 e. The third-order valence-corrected chi connectivity index (χ3v) is 5.97. The Labute approximate surface area is 231 Å². The Balaban J connectivity index is -0.000000435. The molecule has 0 saturated carbocycles. The van der Waals surface area contributed by atoms with Crippen molar-refractivity contribution >= 4 is 23.0 Å². The van der Waals surface area contributed by atoms with Crippen molar-refractivity contribution in [1.82, 2.24) is 4.90 Å². The van der Waals surface area contributed by atoms with E-state index in [0.29, 0.717) is 19.4 Å². The summed E-state index contributed by atoms with van der Waals surface area (Å²) in [4.78, 5) is 26.1. The third-order valence-electron chi connectivity index (χ3n) is 5.17. The van der Waals surface area contributed by atoms with Gasteiger partial charge in [-0.25, -0.2) is 0 Å². The quantitative estimate of drug-likeness (QED) is 0.129. The Morgan fingerprint density at radius 1 is 0.722 bits per heavy atom. The lowest BCUT2D eigenvalue weighted by molar-refractivity contribution is -0.150. The van der Waals surface area contributed by atoms with E-state index in [4.69, 9.17) is 4.74 Å². The summed E-state index contributed by atoms with van der Waals surface area (Å²) in [6.07, 6.45) is 13.7. The van der Waals surface area contributed by atoms with Crippen molar-refractivity contribution in [3.8, 4) is 0 Å². The summed E-state index contributed by atoms with van der Waals surface area (Å²) in [6, 6.07) is 0. The number of hydrogen-bond donors (Lipinski definition) is 0. The first-order chi connectivity index (χ1) is 17.4. The number of esters is 1. The van der Waals surface area contributed by atoms with Gasteiger partial charge in [0.1, 0.15) is 6.10 Å². The Morgan fingerprint density at radius 2 is 1.22 bits per heavy atom. The highest BCUT2D eigenvalue weighted by Crippen LogP contribution is 2.16. The fourth-order valence-corrected chi connectivity index (χ4v) is 3.56. The molecule has 0 aliphatic rings. The van der Waals surface area contributed by atoms with Crippen LogP contribution in [0.2, 0.25) is 0 Å². The lowest BCUT2D eigenvalue weighted by atomic mass is 10.0. The molecule has 0 saturated heterocycles. The molecule has 0 aromatic carbocycles. The molecule has 0 N–H and O–H groups in total. The second-order valence-corrected chi connectivity index (χ2v) is 9.69. The summed E-state index contributed by atoms with van der Waals surface area (Å²) < 4.78 is 10.3. The maximum Gasteiger partial charge on any atom is 0.306 e. The van der Waals surface area contributed by atoms with Crippen LogP contribution in [0.15, 0.2) is 0 Å². The topological polar surface area (TPSA) is 55.8 Å². The summed E-state index contributed by atoms with van der Waals surface area (Å²) in [7, 11) is 1.68. The first kappa shape index (κ1) is 42.3. The molecule has 5 nitrogen and oxygen atoms in total. The summed E-state index contributed by atoms with van der Waals surface area (Å²) in [5, 5.41) is 0.125. The molecule has 1 amide bonds. The highest BCUT2D eigenvalue weighted by Gasteiger charge is 2.16. The van der Waals surface area contributed by atoms with Crippen LogP contribution in [0, 0.1) is 0 Å². The number of hydrogen-bond acceptors (Lipinski definition) is 5. The molecule has 36 heavy (non-hydrogen) atoms. The second-order valence-electron chi connectivity index (χ2n) is 8.47. The van der Waals surface area contributed by atoms with E-state index in [2.05, 4.69) is 39.4 Å². The molecule has 0 heterocycles. The van der Waals surface area contributed by atoms with Gasteiger partial charge in [0.15, 0.2) is 0 Å². The highest BCUT2D eigenvalue weighted by molar-refractivity contribution is 8.13. The number of nitrogens with zero attached hydrogens (tertiary/aromatic N) is 1. The number of rotatable bonds is 18. The molecule has 0 atom stereocenters. The van der Waals surface area contributed by atoms with Gasteiger partial charge in [-0.1, -0.05) is 106 Å². The van der Waals surface area contributed by atoms with Crippen LogP contribution in [0.1, 0.15) is 146 Å². The van der Waals surface area contributed by atoms with Crippen molar-refractivity contribution in [3.05, 3.63) is 0 Å². The van der Waals surface area contributed by atoms with E-state index in [1.54, 1.807) is 7.11 Å². The molecule has 0 aliphatic heterocycles. The van der Waals surface area contributed by atoms with Crippen LogP contribution in [-0.4, -0.2) is 54.8 Å². The summed E-state index contributed by atoms with van der Waals surface area (Å²) in [5.74, 6) is 0.688. The molecule has 6 heteroatoms. The van der Waals surface area contributed by atoms with Gasteiger partial charge in [0.25, 0.3) is 5.24 Å². The maximum atomic E-state index is 12.2. The second kappa shape index (κ2) is 38.8. The number of ether oxygens (including phenoxy) is 2. The van der Waals surface area contributed by atoms with Crippen LogP contribution >= 0.6 is 11.8 Å². The average Bonchev–Trinajstić information content (AvgIpc) is 2.89. The number of amides is 1. The standard InChI is InChI=1S/C21H41NO3S.C4H10.C3H8O.C2H6/c1-5-9-11-14-19(15-12-10-6-2)25-20(23)16-13-18-22(17-7-3)21(24)26-8-4;2*1-3-4-2;1-2/h19H,5-18H2,1-4H3;3-4H2,1-2H3;3H2,1-2H3;1-2H3. The van der Waals surface area contributed by atoms with E-state index >= 15 is 0 Å². The zero-order chi connectivity index (χ0) is 28.5. The molecule has 0 radical (unpaired) electrons. The highest BCUT2D eigenvalue weighted by atomic mass is 32.2. The number of unbranched alkanes of at least 4 members (excludes halogenated alkanes) is 5. The molecule has 0 aromatic heterocycles. The molecule has 0 aromatic rings. The molecule has 0 fully saturated rings. The molecular formula is C30H65NO4S. The van der Waals surface area contributed by atoms with Gasteiger partial charge >= 0.3 is 5.97 Å². The first-order valence-electron chi connectivity index (χ1n) is 15.0. The summed E-state index contributed by atoms with van der Waals surface area (Å²) in [5.41, 5.74) is 0. The number of methoxy groups -OCH3 is 1. The van der Waals surface area contributed by atoms with E-state index in [-0.39, 0.29) is 17.3 Å². The smallest absolute Gasteiger partial charge is 0.306 e. The maximum absolute atomic E-state index is 12.2. The van der Waals surface area contributed by atoms with Gasteiger partial charge in [0, 0.05) is 33.2 Å². The Hall–Kier alpha value is -0.750. The minimum atomic E-state index is -0.102. The van der Waals surface area contributed by atoms with Gasteiger partial charge in [-0.2, -0.15) is 0 Å². The zero-order valence-electron chi connectivity index (χ0n) is 26.1. The molecule has 0 bridgehead atoms. The van der Waals surface area contributed by atoms with Crippen LogP contribution in [0.3, 0.4) is 0 Å². The van der Waals surface area contributed by atoms with Crippen molar-refractivity contribution in [2.75, 3.05) is 32.6 Å².